The van der Waals surface area contributed by atoms with Crippen LogP contribution in [0, 0.1) is 0 Å². The molecule has 1 saturated carbocycles. The maximum atomic E-state index is 12.9. The summed E-state index contributed by atoms with van der Waals surface area (Å²) in [6.45, 7) is 6.66. The van der Waals surface area contributed by atoms with Crippen LogP contribution in [0.1, 0.15) is 68.6 Å². The molecule has 2 N–H and O–H groups in total. The molecule has 6 nitrogen and oxygen atoms in total. The number of carbonyl (C=O) groups is 2. The van der Waals surface area contributed by atoms with Crippen molar-refractivity contribution in [3.05, 3.63) is 17.5 Å². The molecule has 0 aromatic carbocycles. The molecule has 1 aliphatic carbocycles. The first-order valence-electron chi connectivity index (χ1n) is 7.99. The highest BCUT2D eigenvalue weighted by Crippen LogP contribution is 2.35. The zero-order valence-electron chi connectivity index (χ0n) is 13.9. The molecule has 1 fully saturated rings. The highest BCUT2D eigenvalue weighted by Gasteiger charge is 2.46. The standard InChI is InChI=1S/C16H26N4O2/c1-5-20-13(10-12(18-20)11(2)3)14(21)19(4)16(15(17)22)8-6-7-9-16/h10-11H,5-9H2,1-4H3,(H2,17,22). The fraction of sp³-hybridized carbons (Fsp3) is 0.688. The third-order valence-electron chi connectivity index (χ3n) is 4.75. The lowest BCUT2D eigenvalue weighted by Crippen LogP contribution is -2.56. The molecule has 22 heavy (non-hydrogen) atoms. The lowest BCUT2D eigenvalue weighted by molar-refractivity contribution is -0.127. The van der Waals surface area contributed by atoms with Crippen molar-refractivity contribution in [1.82, 2.24) is 14.7 Å². The molecule has 1 heterocycles. The third kappa shape index (κ3) is 2.62. The molecule has 2 rings (SSSR count). The predicted molar refractivity (Wildman–Crippen MR) is 84.5 cm³/mol. The van der Waals surface area contributed by atoms with Gasteiger partial charge < -0.3 is 10.6 Å². The maximum Gasteiger partial charge on any atom is 0.272 e. The van der Waals surface area contributed by atoms with Crippen molar-refractivity contribution in [2.24, 2.45) is 5.73 Å². The molecule has 0 bridgehead atoms. The molecule has 0 aliphatic heterocycles. The fourth-order valence-electron chi connectivity index (χ4n) is 3.21. The van der Waals surface area contributed by atoms with E-state index in [-0.39, 0.29) is 11.8 Å². The molecule has 0 radical (unpaired) electrons. The number of aryl methyl sites for hydroxylation is 1. The van der Waals surface area contributed by atoms with Gasteiger partial charge in [-0.1, -0.05) is 26.7 Å². The Labute approximate surface area is 131 Å². The summed E-state index contributed by atoms with van der Waals surface area (Å²) in [7, 11) is 1.68. The number of likely N-dealkylation sites (N-methyl/N-ethyl adjacent to an activating group) is 1. The first kappa shape index (κ1) is 16.5. The minimum atomic E-state index is -0.849. The average molecular weight is 306 g/mol. The van der Waals surface area contributed by atoms with Gasteiger partial charge in [0, 0.05) is 13.6 Å². The lowest BCUT2D eigenvalue weighted by atomic mass is 9.94. The molecular weight excluding hydrogens is 280 g/mol. The van der Waals surface area contributed by atoms with E-state index in [1.165, 1.54) is 4.90 Å². The molecule has 1 aliphatic rings. The largest absolute Gasteiger partial charge is 0.368 e. The van der Waals surface area contributed by atoms with E-state index in [1.807, 2.05) is 26.8 Å². The van der Waals surface area contributed by atoms with Gasteiger partial charge in [-0.05, 0) is 31.7 Å². The van der Waals surface area contributed by atoms with Crippen LogP contribution in [0.25, 0.3) is 0 Å². The number of nitrogens with two attached hydrogens (primary N) is 1. The average Bonchev–Trinajstić information content (AvgIpc) is 3.12. The number of primary amides is 1. The van der Waals surface area contributed by atoms with Crippen LogP contribution in [-0.4, -0.2) is 39.1 Å². The van der Waals surface area contributed by atoms with Crippen LogP contribution in [0.2, 0.25) is 0 Å². The second-order valence-corrected chi connectivity index (χ2v) is 6.39. The second kappa shape index (κ2) is 6.10. The Morgan fingerprint density at radius 2 is 2.00 bits per heavy atom. The first-order valence-corrected chi connectivity index (χ1v) is 7.99. The summed E-state index contributed by atoms with van der Waals surface area (Å²) in [5, 5.41) is 4.48. The minimum absolute atomic E-state index is 0.179. The first-order chi connectivity index (χ1) is 10.3. The molecule has 0 saturated heterocycles. The van der Waals surface area contributed by atoms with Gasteiger partial charge in [-0.25, -0.2) is 0 Å². The topological polar surface area (TPSA) is 81.2 Å². The van der Waals surface area contributed by atoms with Gasteiger partial charge in [-0.15, -0.1) is 0 Å². The van der Waals surface area contributed by atoms with E-state index >= 15 is 0 Å². The number of hydrogen-bond donors (Lipinski definition) is 1. The van der Waals surface area contributed by atoms with Crippen LogP contribution < -0.4 is 5.73 Å². The molecule has 1 aromatic rings. The van der Waals surface area contributed by atoms with Crippen molar-refractivity contribution >= 4 is 11.8 Å². The number of carbonyl (C=O) groups excluding carboxylic acids is 2. The van der Waals surface area contributed by atoms with Crippen LogP contribution in [0.15, 0.2) is 6.07 Å². The number of aromatic nitrogens is 2. The minimum Gasteiger partial charge on any atom is -0.368 e. The highest BCUT2D eigenvalue weighted by atomic mass is 16.2. The van der Waals surface area contributed by atoms with E-state index in [2.05, 4.69) is 5.10 Å². The quantitative estimate of drug-likeness (QED) is 0.902. The van der Waals surface area contributed by atoms with Gasteiger partial charge in [0.1, 0.15) is 11.2 Å². The summed E-state index contributed by atoms with van der Waals surface area (Å²) in [5.41, 5.74) is 6.19. The molecule has 0 unspecified atom stereocenters. The zero-order valence-corrected chi connectivity index (χ0v) is 13.9. The summed E-state index contributed by atoms with van der Waals surface area (Å²) in [4.78, 5) is 26.4. The van der Waals surface area contributed by atoms with Crippen molar-refractivity contribution in [3.63, 3.8) is 0 Å². The van der Waals surface area contributed by atoms with Crippen molar-refractivity contribution in [1.29, 1.82) is 0 Å². The Hall–Kier alpha value is -1.85. The van der Waals surface area contributed by atoms with Gasteiger partial charge in [-0.2, -0.15) is 5.10 Å². The monoisotopic (exact) mass is 306 g/mol. The maximum absolute atomic E-state index is 12.9. The zero-order chi connectivity index (χ0) is 16.5. The summed E-state index contributed by atoms with van der Waals surface area (Å²) >= 11 is 0. The molecule has 1 aromatic heterocycles. The van der Waals surface area contributed by atoms with Gasteiger partial charge in [0.25, 0.3) is 5.91 Å². The Bertz CT molecular complexity index is 571. The van der Waals surface area contributed by atoms with Crippen LogP contribution in [0.5, 0.6) is 0 Å². The summed E-state index contributed by atoms with van der Waals surface area (Å²) in [6.07, 6.45) is 3.12. The van der Waals surface area contributed by atoms with E-state index in [0.29, 0.717) is 25.1 Å². The van der Waals surface area contributed by atoms with Crippen molar-refractivity contribution in [2.75, 3.05) is 7.05 Å². The van der Waals surface area contributed by atoms with E-state index in [9.17, 15) is 9.59 Å². The van der Waals surface area contributed by atoms with E-state index in [4.69, 9.17) is 5.73 Å². The highest BCUT2D eigenvalue weighted by molar-refractivity contribution is 5.98. The van der Waals surface area contributed by atoms with E-state index < -0.39 is 11.4 Å². The summed E-state index contributed by atoms with van der Waals surface area (Å²) in [6, 6.07) is 1.83. The van der Waals surface area contributed by atoms with Crippen LogP contribution >= 0.6 is 0 Å². The van der Waals surface area contributed by atoms with Gasteiger partial charge in [0.2, 0.25) is 5.91 Å². The summed E-state index contributed by atoms with van der Waals surface area (Å²) in [5.74, 6) is -0.337. The Morgan fingerprint density at radius 1 is 1.41 bits per heavy atom. The Kier molecular flexibility index (Phi) is 4.58. The van der Waals surface area contributed by atoms with E-state index in [1.54, 1.807) is 11.7 Å². The smallest absolute Gasteiger partial charge is 0.272 e. The second-order valence-electron chi connectivity index (χ2n) is 6.39. The van der Waals surface area contributed by atoms with Gasteiger partial charge in [0.05, 0.1) is 5.69 Å². The number of hydrogen-bond acceptors (Lipinski definition) is 3. The number of nitrogens with zero attached hydrogens (tertiary/aromatic N) is 3. The fourth-order valence-corrected chi connectivity index (χ4v) is 3.21. The van der Waals surface area contributed by atoms with Crippen molar-refractivity contribution in [2.45, 2.75) is 64.5 Å². The van der Waals surface area contributed by atoms with Crippen LogP contribution in [0.3, 0.4) is 0 Å². The normalized spacial score (nSPS) is 17.0. The van der Waals surface area contributed by atoms with Crippen molar-refractivity contribution in [3.8, 4) is 0 Å². The Balaban J connectivity index is 2.36. The number of rotatable bonds is 5. The molecular formula is C16H26N4O2. The summed E-state index contributed by atoms with van der Waals surface area (Å²) < 4.78 is 1.71. The molecule has 2 amide bonds. The molecule has 122 valence electrons. The van der Waals surface area contributed by atoms with Crippen molar-refractivity contribution < 1.29 is 9.59 Å². The third-order valence-corrected chi connectivity index (χ3v) is 4.75. The molecule has 0 atom stereocenters. The van der Waals surface area contributed by atoms with Crippen LogP contribution in [0.4, 0.5) is 0 Å². The number of amides is 2. The lowest BCUT2D eigenvalue weighted by Gasteiger charge is -2.35. The van der Waals surface area contributed by atoms with Gasteiger partial charge >= 0.3 is 0 Å². The molecule has 6 heteroatoms. The van der Waals surface area contributed by atoms with Gasteiger partial charge in [-0.3, -0.25) is 14.3 Å². The molecule has 0 spiro atoms. The van der Waals surface area contributed by atoms with Gasteiger partial charge in [0.15, 0.2) is 0 Å². The predicted octanol–water partition coefficient (Wildman–Crippen LogP) is 1.90. The van der Waals surface area contributed by atoms with E-state index in [0.717, 1.165) is 18.5 Å². The van der Waals surface area contributed by atoms with Crippen LogP contribution in [-0.2, 0) is 11.3 Å². The Morgan fingerprint density at radius 3 is 2.45 bits per heavy atom. The SMILES string of the molecule is CCn1nc(C(C)C)cc1C(=O)N(C)C1(C(N)=O)CCCC1.